The lowest BCUT2D eigenvalue weighted by Gasteiger charge is -2.40. The summed E-state index contributed by atoms with van der Waals surface area (Å²) in [6.07, 6.45) is 0.0725. The first kappa shape index (κ1) is 19.7. The smallest absolute Gasteiger partial charge is 0.286 e. The second-order valence-corrected chi connectivity index (χ2v) is 8.40. The number of nitrogens with zero attached hydrogens (tertiary/aromatic N) is 2. The number of hydrogen-bond acceptors (Lipinski definition) is 5. The maximum atomic E-state index is 12.6. The van der Waals surface area contributed by atoms with E-state index < -0.39 is 5.25 Å². The maximum absolute atomic E-state index is 12.6. The van der Waals surface area contributed by atoms with Crippen molar-refractivity contribution in [3.63, 3.8) is 0 Å². The molecule has 7 heteroatoms. The highest BCUT2D eigenvalue weighted by molar-refractivity contribution is 8.15. The fourth-order valence-electron chi connectivity index (χ4n) is 3.93. The number of carbonyl (C=O) groups excluding carboxylic acids is 3. The average molecular weight is 410 g/mol. The van der Waals surface area contributed by atoms with Gasteiger partial charge in [-0.2, -0.15) is 0 Å². The lowest BCUT2D eigenvalue weighted by Crippen LogP contribution is -2.50. The van der Waals surface area contributed by atoms with Gasteiger partial charge in [0, 0.05) is 32.6 Å². The summed E-state index contributed by atoms with van der Waals surface area (Å²) in [5.41, 5.74) is 2.46. The van der Waals surface area contributed by atoms with Crippen LogP contribution in [0.5, 0.6) is 0 Å². The number of imide groups is 1. The first-order chi connectivity index (χ1) is 14.1. The van der Waals surface area contributed by atoms with Crippen LogP contribution in [0.25, 0.3) is 0 Å². The highest BCUT2D eigenvalue weighted by Crippen LogP contribution is 2.30. The van der Waals surface area contributed by atoms with E-state index in [1.165, 1.54) is 11.1 Å². The van der Waals surface area contributed by atoms with Gasteiger partial charge in [0.15, 0.2) is 0 Å². The molecule has 2 aliphatic rings. The monoisotopic (exact) mass is 409 g/mol. The molecule has 1 N–H and O–H groups in total. The Kier molecular flexibility index (Phi) is 5.97. The second kappa shape index (κ2) is 8.80. The van der Waals surface area contributed by atoms with Gasteiger partial charge in [-0.25, -0.2) is 0 Å². The Hall–Kier alpha value is -2.64. The van der Waals surface area contributed by atoms with Crippen LogP contribution in [0.2, 0.25) is 0 Å². The quantitative estimate of drug-likeness (QED) is 0.822. The third-order valence-corrected chi connectivity index (χ3v) is 6.37. The number of benzene rings is 2. The van der Waals surface area contributed by atoms with Gasteiger partial charge in [-0.3, -0.25) is 24.6 Å². The molecular weight excluding hydrogens is 386 g/mol. The summed E-state index contributed by atoms with van der Waals surface area (Å²) in [5.74, 6) is -0.428. The van der Waals surface area contributed by atoms with Gasteiger partial charge < -0.3 is 4.90 Å². The first-order valence-corrected chi connectivity index (χ1v) is 10.6. The average Bonchev–Trinajstić information content (AvgIpc) is 3.07. The molecule has 0 unspecified atom stereocenters. The minimum atomic E-state index is -0.602. The number of hydrogen-bond donors (Lipinski definition) is 1. The van der Waals surface area contributed by atoms with E-state index in [1.807, 2.05) is 12.1 Å². The van der Waals surface area contributed by atoms with Crippen molar-refractivity contribution in [1.29, 1.82) is 0 Å². The van der Waals surface area contributed by atoms with E-state index in [0.29, 0.717) is 13.1 Å². The number of thioether (sulfide) groups is 1. The molecule has 0 spiro atoms. The van der Waals surface area contributed by atoms with E-state index in [9.17, 15) is 14.4 Å². The predicted octanol–water partition coefficient (Wildman–Crippen LogP) is 2.66. The Morgan fingerprint density at radius 1 is 0.931 bits per heavy atom. The van der Waals surface area contributed by atoms with Crippen LogP contribution in [0.4, 0.5) is 4.79 Å². The van der Waals surface area contributed by atoms with Crippen LogP contribution in [0.3, 0.4) is 0 Å². The third kappa shape index (κ3) is 4.52. The molecule has 2 fully saturated rings. The Labute approximate surface area is 174 Å². The van der Waals surface area contributed by atoms with Crippen LogP contribution in [0.1, 0.15) is 23.6 Å². The molecule has 2 aliphatic heterocycles. The zero-order valence-corrected chi connectivity index (χ0v) is 16.8. The van der Waals surface area contributed by atoms with Gasteiger partial charge in [0.1, 0.15) is 5.25 Å². The molecule has 0 aromatic heterocycles. The van der Waals surface area contributed by atoms with Crippen molar-refractivity contribution < 1.29 is 14.4 Å². The Morgan fingerprint density at radius 3 is 1.97 bits per heavy atom. The maximum Gasteiger partial charge on any atom is 0.286 e. The summed E-state index contributed by atoms with van der Waals surface area (Å²) in [6.45, 7) is 2.73. The largest absolute Gasteiger partial charge is 0.340 e. The van der Waals surface area contributed by atoms with Crippen LogP contribution in [-0.4, -0.2) is 58.3 Å². The molecule has 0 radical (unpaired) electrons. The van der Waals surface area contributed by atoms with Gasteiger partial charge >= 0.3 is 0 Å². The van der Waals surface area contributed by atoms with E-state index in [1.54, 1.807) is 4.90 Å². The molecule has 4 rings (SSSR count). The van der Waals surface area contributed by atoms with Crippen LogP contribution >= 0.6 is 11.8 Å². The zero-order chi connectivity index (χ0) is 20.2. The van der Waals surface area contributed by atoms with Crippen LogP contribution in [0.15, 0.2) is 60.7 Å². The topological polar surface area (TPSA) is 69.7 Å². The molecule has 2 aromatic carbocycles. The van der Waals surface area contributed by atoms with Crippen molar-refractivity contribution in [2.45, 2.75) is 17.7 Å². The molecular formula is C22H23N3O3S. The summed E-state index contributed by atoms with van der Waals surface area (Å²) in [6, 6.07) is 21.0. The van der Waals surface area contributed by atoms with Gasteiger partial charge in [0.05, 0.1) is 6.04 Å². The Bertz CT molecular complexity index is 843. The Balaban J connectivity index is 1.42. The van der Waals surface area contributed by atoms with Crippen LogP contribution in [-0.2, 0) is 9.59 Å². The molecule has 2 heterocycles. The number of nitrogens with one attached hydrogen (secondary N) is 1. The lowest BCUT2D eigenvalue weighted by atomic mass is 9.96. The summed E-state index contributed by atoms with van der Waals surface area (Å²) >= 11 is 0.908. The number of piperazine rings is 1. The Morgan fingerprint density at radius 2 is 1.48 bits per heavy atom. The molecule has 150 valence electrons. The van der Waals surface area contributed by atoms with Crippen LogP contribution in [0, 0.1) is 0 Å². The highest BCUT2D eigenvalue weighted by Gasteiger charge is 2.35. The fourth-order valence-corrected chi connectivity index (χ4v) is 4.74. The first-order valence-electron chi connectivity index (χ1n) is 9.75. The summed E-state index contributed by atoms with van der Waals surface area (Å²) in [4.78, 5) is 39.9. The molecule has 0 bridgehead atoms. The predicted molar refractivity (Wildman–Crippen MR) is 112 cm³/mol. The minimum Gasteiger partial charge on any atom is -0.340 e. The molecule has 0 aliphatic carbocycles. The standard InChI is InChI=1S/C22H23N3O3S/c26-19(15-18-21(27)23-22(28)29-18)24-11-13-25(14-12-24)20(16-7-3-1-4-8-16)17-9-5-2-6-10-17/h1-10,18,20H,11-15H2,(H,23,27,28)/t18-/m1/s1. The SMILES string of the molecule is O=C1NC(=O)[C@@H](CC(=O)N2CCN(C(c3ccccc3)c3ccccc3)CC2)S1. The van der Waals surface area contributed by atoms with E-state index in [2.05, 4.69) is 58.7 Å². The summed E-state index contributed by atoms with van der Waals surface area (Å²) in [5, 5.41) is 1.27. The van der Waals surface area contributed by atoms with Gasteiger partial charge in [-0.1, -0.05) is 72.4 Å². The molecule has 2 aromatic rings. The number of rotatable bonds is 5. The number of amides is 3. The summed E-state index contributed by atoms with van der Waals surface area (Å²) < 4.78 is 0. The van der Waals surface area contributed by atoms with Crippen molar-refractivity contribution in [2.75, 3.05) is 26.2 Å². The van der Waals surface area contributed by atoms with Crippen molar-refractivity contribution >= 4 is 28.8 Å². The van der Waals surface area contributed by atoms with E-state index in [-0.39, 0.29) is 29.5 Å². The molecule has 0 saturated carbocycles. The fraction of sp³-hybridized carbons (Fsp3) is 0.318. The van der Waals surface area contributed by atoms with Crippen molar-refractivity contribution in [3.8, 4) is 0 Å². The lowest BCUT2D eigenvalue weighted by molar-refractivity contribution is -0.134. The molecule has 1 atom stereocenters. The normalized spacial score (nSPS) is 20.2. The second-order valence-electron chi connectivity index (χ2n) is 7.23. The third-order valence-electron chi connectivity index (χ3n) is 5.39. The minimum absolute atomic E-state index is 0.0667. The highest BCUT2D eigenvalue weighted by atomic mass is 32.2. The van der Waals surface area contributed by atoms with Crippen molar-refractivity contribution in [3.05, 3.63) is 71.8 Å². The van der Waals surface area contributed by atoms with E-state index in [0.717, 1.165) is 24.9 Å². The van der Waals surface area contributed by atoms with E-state index >= 15 is 0 Å². The van der Waals surface area contributed by atoms with Gasteiger partial charge in [-0.15, -0.1) is 0 Å². The van der Waals surface area contributed by atoms with E-state index in [4.69, 9.17) is 0 Å². The molecule has 2 saturated heterocycles. The molecule has 29 heavy (non-hydrogen) atoms. The molecule has 6 nitrogen and oxygen atoms in total. The summed E-state index contributed by atoms with van der Waals surface area (Å²) in [7, 11) is 0. The van der Waals surface area contributed by atoms with Crippen LogP contribution < -0.4 is 5.32 Å². The van der Waals surface area contributed by atoms with Crippen molar-refractivity contribution in [1.82, 2.24) is 15.1 Å². The van der Waals surface area contributed by atoms with Gasteiger partial charge in [-0.05, 0) is 11.1 Å². The van der Waals surface area contributed by atoms with Crippen molar-refractivity contribution in [2.24, 2.45) is 0 Å². The van der Waals surface area contributed by atoms with Gasteiger partial charge in [0.2, 0.25) is 11.8 Å². The number of carbonyl (C=O) groups is 3. The zero-order valence-electron chi connectivity index (χ0n) is 16.0. The molecule has 3 amide bonds. The van der Waals surface area contributed by atoms with Gasteiger partial charge in [0.25, 0.3) is 5.24 Å².